The lowest BCUT2D eigenvalue weighted by molar-refractivity contribution is -0.168. The molecule has 0 aliphatic rings. The predicted molar refractivity (Wildman–Crippen MR) is 52.9 cm³/mol. The summed E-state index contributed by atoms with van der Waals surface area (Å²) < 4.78 is 10.2. The lowest BCUT2D eigenvalue weighted by Crippen LogP contribution is -2.39. The van der Waals surface area contributed by atoms with E-state index >= 15 is 0 Å². The van der Waals surface area contributed by atoms with Crippen LogP contribution in [0, 0.1) is 11.8 Å². The topological polar surface area (TPSA) is 38.7 Å². The molecular formula is C9H19ClO3. The molecule has 80 valence electrons. The van der Waals surface area contributed by atoms with E-state index in [1.54, 1.807) is 14.2 Å². The van der Waals surface area contributed by atoms with Crippen molar-refractivity contribution in [1.82, 2.24) is 0 Å². The molecule has 0 aliphatic heterocycles. The first kappa shape index (κ1) is 13.2. The first-order chi connectivity index (χ1) is 6.08. The summed E-state index contributed by atoms with van der Waals surface area (Å²) in [4.78, 5) is 0. The van der Waals surface area contributed by atoms with E-state index in [0.29, 0.717) is 0 Å². The molecule has 0 aliphatic carbocycles. The molecule has 13 heavy (non-hydrogen) atoms. The summed E-state index contributed by atoms with van der Waals surface area (Å²) in [6.45, 7) is 4.01. The van der Waals surface area contributed by atoms with Gasteiger partial charge in [-0.25, -0.2) is 0 Å². The Labute approximate surface area is 85.0 Å². The van der Waals surface area contributed by atoms with E-state index in [0.717, 1.165) is 0 Å². The molecule has 0 radical (unpaired) electrons. The fraction of sp³-hybridized carbons (Fsp3) is 1.00. The third-order valence-electron chi connectivity index (χ3n) is 2.15. The quantitative estimate of drug-likeness (QED) is 0.533. The van der Waals surface area contributed by atoms with Gasteiger partial charge < -0.3 is 14.6 Å². The zero-order valence-electron chi connectivity index (χ0n) is 8.66. The van der Waals surface area contributed by atoms with E-state index in [1.165, 1.54) is 0 Å². The molecule has 0 heterocycles. The summed E-state index contributed by atoms with van der Waals surface area (Å²) in [5.74, 6) is 0.373. The van der Waals surface area contributed by atoms with Gasteiger partial charge in [0.1, 0.15) is 0 Å². The third kappa shape index (κ3) is 3.81. The Hall–Kier alpha value is 0.170. The van der Waals surface area contributed by atoms with Crippen molar-refractivity contribution in [2.75, 3.05) is 20.1 Å². The first-order valence-corrected chi connectivity index (χ1v) is 4.91. The predicted octanol–water partition coefficient (Wildman–Crippen LogP) is 1.48. The Balaban J connectivity index is 4.38. The number of hydrogen-bond donors (Lipinski definition) is 1. The molecule has 0 rings (SSSR count). The minimum absolute atomic E-state index is 0.0903. The van der Waals surface area contributed by atoms with Gasteiger partial charge in [-0.3, -0.25) is 0 Å². The van der Waals surface area contributed by atoms with Crippen LogP contribution in [0.25, 0.3) is 0 Å². The third-order valence-corrected chi connectivity index (χ3v) is 2.47. The molecule has 0 bridgehead atoms. The molecule has 0 aromatic heterocycles. The van der Waals surface area contributed by atoms with Crippen molar-refractivity contribution in [2.24, 2.45) is 11.8 Å². The minimum atomic E-state index is -0.591. The largest absolute Gasteiger partial charge is 0.391 e. The summed E-state index contributed by atoms with van der Waals surface area (Å²) in [5, 5.41) is 9.63. The van der Waals surface area contributed by atoms with E-state index in [2.05, 4.69) is 0 Å². The van der Waals surface area contributed by atoms with Crippen LogP contribution in [0.1, 0.15) is 13.8 Å². The van der Waals surface area contributed by atoms with Crippen LogP contribution < -0.4 is 0 Å². The van der Waals surface area contributed by atoms with Crippen LogP contribution in [-0.4, -0.2) is 37.6 Å². The maximum absolute atomic E-state index is 9.63. The molecule has 2 atom stereocenters. The van der Waals surface area contributed by atoms with Gasteiger partial charge in [-0.15, -0.1) is 11.6 Å². The average molecular weight is 211 g/mol. The SMILES string of the molecule is COC(OC)[C@@H](C(C)C)[C@@H](O)CCl. The molecule has 0 amide bonds. The van der Waals surface area contributed by atoms with Crippen LogP contribution in [0.3, 0.4) is 0 Å². The number of halogens is 1. The molecule has 4 heteroatoms. The Morgan fingerprint density at radius 3 is 1.92 bits per heavy atom. The summed E-state index contributed by atoms with van der Waals surface area (Å²) >= 11 is 5.59. The van der Waals surface area contributed by atoms with Gasteiger partial charge in [-0.1, -0.05) is 13.8 Å². The molecule has 0 aromatic rings. The highest BCUT2D eigenvalue weighted by Crippen LogP contribution is 2.23. The molecule has 0 spiro atoms. The monoisotopic (exact) mass is 210 g/mol. The molecule has 0 saturated heterocycles. The highest BCUT2D eigenvalue weighted by molar-refractivity contribution is 6.18. The number of methoxy groups -OCH3 is 2. The molecule has 0 saturated carbocycles. The molecular weight excluding hydrogens is 192 g/mol. The molecule has 0 fully saturated rings. The van der Waals surface area contributed by atoms with Gasteiger partial charge in [0, 0.05) is 26.0 Å². The highest BCUT2D eigenvalue weighted by atomic mass is 35.5. The van der Waals surface area contributed by atoms with Crippen LogP contribution in [0.4, 0.5) is 0 Å². The maximum atomic E-state index is 9.63. The standard InChI is InChI=1S/C9H19ClO3/c1-6(2)8(7(11)5-10)9(12-3)13-4/h6-9,11H,5H2,1-4H3/t7-,8-/m0/s1. The average Bonchev–Trinajstić information content (AvgIpc) is 2.12. The number of hydrogen-bond acceptors (Lipinski definition) is 3. The van der Waals surface area contributed by atoms with Gasteiger partial charge >= 0.3 is 0 Å². The van der Waals surface area contributed by atoms with Crippen LogP contribution in [0.15, 0.2) is 0 Å². The van der Waals surface area contributed by atoms with Gasteiger partial charge in [-0.05, 0) is 5.92 Å². The highest BCUT2D eigenvalue weighted by Gasteiger charge is 2.30. The van der Waals surface area contributed by atoms with Crippen LogP contribution >= 0.6 is 11.6 Å². The number of ether oxygens (including phenoxy) is 2. The summed E-state index contributed by atoms with van der Waals surface area (Å²) in [5.41, 5.74) is 0. The normalized spacial score (nSPS) is 16.6. The van der Waals surface area contributed by atoms with Gasteiger partial charge in [0.05, 0.1) is 6.10 Å². The second-order valence-electron chi connectivity index (χ2n) is 3.38. The van der Waals surface area contributed by atoms with Crippen molar-refractivity contribution in [3.05, 3.63) is 0 Å². The molecule has 0 unspecified atom stereocenters. The number of aliphatic hydroxyl groups is 1. The van der Waals surface area contributed by atoms with E-state index in [-0.39, 0.29) is 17.7 Å². The zero-order chi connectivity index (χ0) is 10.4. The Morgan fingerprint density at radius 1 is 1.23 bits per heavy atom. The van der Waals surface area contributed by atoms with Crippen molar-refractivity contribution in [2.45, 2.75) is 26.2 Å². The van der Waals surface area contributed by atoms with Crippen molar-refractivity contribution >= 4 is 11.6 Å². The van der Waals surface area contributed by atoms with E-state index in [9.17, 15) is 5.11 Å². The lowest BCUT2D eigenvalue weighted by atomic mass is 9.90. The smallest absolute Gasteiger partial charge is 0.162 e. The maximum Gasteiger partial charge on any atom is 0.162 e. The number of rotatable bonds is 6. The van der Waals surface area contributed by atoms with Crippen LogP contribution in [0.2, 0.25) is 0 Å². The first-order valence-electron chi connectivity index (χ1n) is 4.38. The zero-order valence-corrected chi connectivity index (χ0v) is 9.41. The molecule has 0 aromatic carbocycles. The van der Waals surface area contributed by atoms with Crippen molar-refractivity contribution in [3.8, 4) is 0 Å². The summed E-state index contributed by atoms with van der Waals surface area (Å²) in [7, 11) is 3.12. The van der Waals surface area contributed by atoms with Crippen LogP contribution in [-0.2, 0) is 9.47 Å². The van der Waals surface area contributed by atoms with E-state index < -0.39 is 12.4 Å². The van der Waals surface area contributed by atoms with Gasteiger partial charge in [0.2, 0.25) is 0 Å². The molecule has 1 N–H and O–H groups in total. The van der Waals surface area contributed by atoms with Gasteiger partial charge in [0.25, 0.3) is 0 Å². The van der Waals surface area contributed by atoms with Gasteiger partial charge in [0.15, 0.2) is 6.29 Å². The fourth-order valence-corrected chi connectivity index (χ4v) is 1.66. The number of alkyl halides is 1. The number of aliphatic hydroxyl groups excluding tert-OH is 1. The Kier molecular flexibility index (Phi) is 6.68. The Bertz CT molecular complexity index is 126. The van der Waals surface area contributed by atoms with E-state index in [1.807, 2.05) is 13.8 Å². The van der Waals surface area contributed by atoms with Crippen molar-refractivity contribution in [1.29, 1.82) is 0 Å². The van der Waals surface area contributed by atoms with Crippen molar-refractivity contribution in [3.63, 3.8) is 0 Å². The summed E-state index contributed by atoms with van der Waals surface area (Å²) in [6.07, 6.45) is -0.986. The molecule has 3 nitrogen and oxygen atoms in total. The second kappa shape index (κ2) is 6.60. The summed E-state index contributed by atoms with van der Waals surface area (Å²) in [6, 6.07) is 0. The van der Waals surface area contributed by atoms with Crippen LogP contribution in [0.5, 0.6) is 0 Å². The Morgan fingerprint density at radius 2 is 1.69 bits per heavy atom. The van der Waals surface area contributed by atoms with Gasteiger partial charge in [-0.2, -0.15) is 0 Å². The second-order valence-corrected chi connectivity index (χ2v) is 3.69. The van der Waals surface area contributed by atoms with E-state index in [4.69, 9.17) is 21.1 Å². The van der Waals surface area contributed by atoms with Crippen molar-refractivity contribution < 1.29 is 14.6 Å². The minimum Gasteiger partial charge on any atom is -0.391 e. The lowest BCUT2D eigenvalue weighted by Gasteiger charge is -2.30. The fourth-order valence-electron chi connectivity index (χ4n) is 1.45.